The number of rotatable bonds is 7. The number of nitrogens with one attached hydrogen (secondary N) is 2. The number of guanidine groups is 1. The Morgan fingerprint density at radius 2 is 2.00 bits per heavy atom. The molecule has 1 rings (SSSR count). The summed E-state index contributed by atoms with van der Waals surface area (Å²) < 4.78 is 5.30. The first-order chi connectivity index (χ1) is 9.27. The summed E-state index contributed by atoms with van der Waals surface area (Å²) >= 11 is 0. The van der Waals surface area contributed by atoms with Crippen molar-refractivity contribution in [2.45, 2.75) is 26.3 Å². The second-order valence-corrected chi connectivity index (χ2v) is 4.33. The Hall–Kier alpha value is -0.820. The lowest BCUT2D eigenvalue weighted by Gasteiger charge is -2.18. The number of aliphatic imine (C=N–C) groups is 1. The van der Waals surface area contributed by atoms with E-state index in [1.807, 2.05) is 25.1 Å². The fraction of sp³-hybridized carbons (Fsp3) is 0.533. The molecule has 0 radical (unpaired) electrons. The second kappa shape index (κ2) is 12.0. The molecular weight excluding hydrogens is 365 g/mol. The zero-order valence-electron chi connectivity index (χ0n) is 12.6. The Morgan fingerprint density at radius 3 is 2.60 bits per heavy atom. The highest BCUT2D eigenvalue weighted by Crippen LogP contribution is 2.10. The van der Waals surface area contributed by atoms with E-state index in [1.165, 1.54) is 5.56 Å². The molecule has 5 heteroatoms. The Morgan fingerprint density at radius 1 is 1.30 bits per heavy atom. The molecule has 2 N–H and O–H groups in total. The zero-order chi connectivity index (χ0) is 13.9. The normalized spacial score (nSPS) is 12.4. The third-order valence-corrected chi connectivity index (χ3v) is 2.84. The molecule has 0 aromatic heterocycles. The van der Waals surface area contributed by atoms with Crippen LogP contribution in [-0.4, -0.2) is 32.8 Å². The monoisotopic (exact) mass is 391 g/mol. The molecule has 0 spiro atoms. The molecule has 1 unspecified atom stereocenters. The Balaban J connectivity index is 0.00000361. The number of hydrogen-bond acceptors (Lipinski definition) is 2. The van der Waals surface area contributed by atoms with Crippen molar-refractivity contribution in [3.05, 3.63) is 35.9 Å². The van der Waals surface area contributed by atoms with Crippen molar-refractivity contribution in [1.29, 1.82) is 0 Å². The van der Waals surface area contributed by atoms with Gasteiger partial charge >= 0.3 is 0 Å². The standard InChI is InChI=1S/C15H25N3O.HI/c1-4-19-12-8-11-17-15(16-3)18-13(2)14-9-6-5-7-10-14;/h5-7,9-10,13H,4,8,11-12H2,1-3H3,(H2,16,17,18);1H. The minimum Gasteiger partial charge on any atom is -0.382 e. The SMILES string of the molecule is CCOCCCNC(=NC)NC(C)c1ccccc1.I. The van der Waals surface area contributed by atoms with Crippen molar-refractivity contribution in [2.24, 2.45) is 4.99 Å². The van der Waals surface area contributed by atoms with Gasteiger partial charge in [-0.2, -0.15) is 0 Å². The fourth-order valence-electron chi connectivity index (χ4n) is 1.75. The fourth-order valence-corrected chi connectivity index (χ4v) is 1.75. The van der Waals surface area contributed by atoms with Gasteiger partial charge in [0.1, 0.15) is 0 Å². The van der Waals surface area contributed by atoms with Crippen molar-refractivity contribution in [2.75, 3.05) is 26.8 Å². The summed E-state index contributed by atoms with van der Waals surface area (Å²) in [6.07, 6.45) is 0.980. The largest absolute Gasteiger partial charge is 0.382 e. The lowest BCUT2D eigenvalue weighted by atomic mass is 10.1. The van der Waals surface area contributed by atoms with E-state index in [2.05, 4.69) is 34.7 Å². The molecule has 0 aliphatic carbocycles. The Labute approximate surface area is 139 Å². The summed E-state index contributed by atoms with van der Waals surface area (Å²) in [5.74, 6) is 0.827. The number of nitrogens with zero attached hydrogens (tertiary/aromatic N) is 1. The van der Waals surface area contributed by atoms with Gasteiger partial charge in [-0.3, -0.25) is 4.99 Å². The smallest absolute Gasteiger partial charge is 0.191 e. The number of ether oxygens (including phenoxy) is 1. The van der Waals surface area contributed by atoms with Crippen LogP contribution in [0.2, 0.25) is 0 Å². The summed E-state index contributed by atoms with van der Waals surface area (Å²) in [5, 5.41) is 6.66. The third-order valence-electron chi connectivity index (χ3n) is 2.84. The van der Waals surface area contributed by atoms with Gasteiger partial charge in [0, 0.05) is 26.8 Å². The van der Waals surface area contributed by atoms with E-state index in [0.29, 0.717) is 0 Å². The average Bonchev–Trinajstić information content (AvgIpc) is 2.46. The van der Waals surface area contributed by atoms with E-state index >= 15 is 0 Å². The Bertz CT molecular complexity index is 371. The van der Waals surface area contributed by atoms with Gasteiger partial charge in [-0.15, -0.1) is 24.0 Å². The maximum Gasteiger partial charge on any atom is 0.191 e. The third kappa shape index (κ3) is 7.69. The van der Waals surface area contributed by atoms with Crippen LogP contribution in [0.1, 0.15) is 31.9 Å². The molecule has 0 amide bonds. The predicted molar refractivity (Wildman–Crippen MR) is 95.9 cm³/mol. The van der Waals surface area contributed by atoms with Crippen LogP contribution in [-0.2, 0) is 4.74 Å². The van der Waals surface area contributed by atoms with Crippen LogP contribution in [0.3, 0.4) is 0 Å². The van der Waals surface area contributed by atoms with Gasteiger partial charge in [0.15, 0.2) is 5.96 Å². The average molecular weight is 391 g/mol. The van der Waals surface area contributed by atoms with Crippen LogP contribution in [0.5, 0.6) is 0 Å². The van der Waals surface area contributed by atoms with Crippen molar-refractivity contribution in [3.63, 3.8) is 0 Å². The van der Waals surface area contributed by atoms with Gasteiger partial charge in [0.05, 0.1) is 6.04 Å². The molecule has 0 heterocycles. The van der Waals surface area contributed by atoms with Crippen molar-refractivity contribution < 1.29 is 4.74 Å². The summed E-state index contributed by atoms with van der Waals surface area (Å²) in [6.45, 7) is 6.56. The Kier molecular flexibility index (Phi) is 11.5. The van der Waals surface area contributed by atoms with Crippen molar-refractivity contribution in [3.8, 4) is 0 Å². The van der Waals surface area contributed by atoms with Crippen molar-refractivity contribution in [1.82, 2.24) is 10.6 Å². The first kappa shape index (κ1) is 19.2. The molecule has 20 heavy (non-hydrogen) atoms. The molecule has 114 valence electrons. The van der Waals surface area contributed by atoms with E-state index in [0.717, 1.165) is 32.1 Å². The number of benzene rings is 1. The van der Waals surface area contributed by atoms with Crippen LogP contribution < -0.4 is 10.6 Å². The van der Waals surface area contributed by atoms with Crippen LogP contribution in [0.25, 0.3) is 0 Å². The highest BCUT2D eigenvalue weighted by Gasteiger charge is 2.06. The van der Waals surface area contributed by atoms with E-state index in [9.17, 15) is 0 Å². The molecule has 1 aromatic rings. The molecule has 1 atom stereocenters. The highest BCUT2D eigenvalue weighted by molar-refractivity contribution is 14.0. The first-order valence-corrected chi connectivity index (χ1v) is 6.87. The minimum atomic E-state index is 0. The first-order valence-electron chi connectivity index (χ1n) is 6.87. The van der Waals surface area contributed by atoms with E-state index in [-0.39, 0.29) is 30.0 Å². The number of halogens is 1. The molecule has 0 bridgehead atoms. The second-order valence-electron chi connectivity index (χ2n) is 4.33. The van der Waals surface area contributed by atoms with Gasteiger partial charge in [-0.25, -0.2) is 0 Å². The molecule has 0 fully saturated rings. The van der Waals surface area contributed by atoms with Crippen LogP contribution in [0, 0.1) is 0 Å². The maximum atomic E-state index is 5.30. The molecule has 1 aromatic carbocycles. The molecule has 4 nitrogen and oxygen atoms in total. The lowest BCUT2D eigenvalue weighted by Crippen LogP contribution is -2.39. The zero-order valence-corrected chi connectivity index (χ0v) is 14.9. The predicted octanol–water partition coefficient (Wildman–Crippen LogP) is 2.96. The minimum absolute atomic E-state index is 0. The molecule has 0 saturated carbocycles. The van der Waals surface area contributed by atoms with Crippen molar-refractivity contribution >= 4 is 29.9 Å². The summed E-state index contributed by atoms with van der Waals surface area (Å²) in [6, 6.07) is 10.6. The summed E-state index contributed by atoms with van der Waals surface area (Å²) in [7, 11) is 1.79. The molecule has 0 saturated heterocycles. The molecule has 0 aliphatic heterocycles. The quantitative estimate of drug-likeness (QED) is 0.325. The lowest BCUT2D eigenvalue weighted by molar-refractivity contribution is 0.145. The number of hydrogen-bond donors (Lipinski definition) is 2. The molecular formula is C15H26IN3O. The van der Waals surface area contributed by atoms with E-state index in [1.54, 1.807) is 7.05 Å². The van der Waals surface area contributed by atoms with Gasteiger partial charge in [0.25, 0.3) is 0 Å². The van der Waals surface area contributed by atoms with Crippen LogP contribution in [0.4, 0.5) is 0 Å². The van der Waals surface area contributed by atoms with Gasteiger partial charge in [-0.05, 0) is 25.8 Å². The van der Waals surface area contributed by atoms with E-state index < -0.39 is 0 Å². The topological polar surface area (TPSA) is 45.6 Å². The highest BCUT2D eigenvalue weighted by atomic mass is 127. The van der Waals surface area contributed by atoms with Crippen LogP contribution >= 0.6 is 24.0 Å². The van der Waals surface area contributed by atoms with E-state index in [4.69, 9.17) is 4.74 Å². The molecule has 0 aliphatic rings. The maximum absolute atomic E-state index is 5.30. The van der Waals surface area contributed by atoms with Gasteiger partial charge < -0.3 is 15.4 Å². The van der Waals surface area contributed by atoms with Gasteiger partial charge in [0.2, 0.25) is 0 Å². The van der Waals surface area contributed by atoms with Gasteiger partial charge in [-0.1, -0.05) is 30.3 Å². The summed E-state index contributed by atoms with van der Waals surface area (Å²) in [4.78, 5) is 4.22. The van der Waals surface area contributed by atoms with Crippen LogP contribution in [0.15, 0.2) is 35.3 Å². The summed E-state index contributed by atoms with van der Waals surface area (Å²) in [5.41, 5.74) is 1.25.